The van der Waals surface area contributed by atoms with E-state index in [4.69, 9.17) is 0 Å². The summed E-state index contributed by atoms with van der Waals surface area (Å²) in [5, 5.41) is 4.52. The van der Waals surface area contributed by atoms with Crippen LogP contribution in [0.2, 0.25) is 0 Å². The Morgan fingerprint density at radius 1 is 1.16 bits per heavy atom. The molecule has 0 fully saturated rings. The molecule has 0 atom stereocenters. The lowest BCUT2D eigenvalue weighted by molar-refractivity contribution is -0.286. The Balaban J connectivity index is 1.58. The van der Waals surface area contributed by atoms with Crippen LogP contribution in [0.15, 0.2) is 41.8 Å². The first-order valence-electron chi connectivity index (χ1n) is 9.32. The lowest BCUT2D eigenvalue weighted by Gasteiger charge is -2.24. The molecule has 0 spiro atoms. The van der Waals surface area contributed by atoms with Crippen molar-refractivity contribution in [3.05, 3.63) is 58.5 Å². The number of benzene rings is 1. The Labute approximate surface area is 180 Å². The minimum Gasteiger partial charge on any atom is -0.395 e. The summed E-state index contributed by atoms with van der Waals surface area (Å²) in [5.74, 6) is -0.240. The van der Waals surface area contributed by atoms with Gasteiger partial charge in [-0.25, -0.2) is 4.98 Å². The molecule has 1 aliphatic heterocycles. The van der Waals surface area contributed by atoms with Crippen LogP contribution in [-0.4, -0.2) is 23.5 Å². The van der Waals surface area contributed by atoms with Crippen LogP contribution in [0.5, 0.6) is 11.5 Å². The standard InChI is InChI=1S/C22H18F2N2O4S/c1-12-4-7-18(25-19(12)17-8-13(10-27)11-31-17)26-20(28)21(2,3)14-5-6-15-16(9-14)30-22(23,24)29-15/h4-11H,1-3H3,(H,25,26,28). The number of halogens is 2. The maximum Gasteiger partial charge on any atom is 0.586 e. The number of hydrogen-bond acceptors (Lipinski definition) is 6. The van der Waals surface area contributed by atoms with Gasteiger partial charge in [0.1, 0.15) is 5.82 Å². The summed E-state index contributed by atoms with van der Waals surface area (Å²) < 4.78 is 35.5. The number of aldehydes is 1. The summed E-state index contributed by atoms with van der Waals surface area (Å²) in [6.07, 6.45) is -2.95. The number of nitrogens with zero attached hydrogens (tertiary/aromatic N) is 1. The molecule has 3 heterocycles. The van der Waals surface area contributed by atoms with Crippen molar-refractivity contribution in [2.24, 2.45) is 0 Å². The molecule has 6 nitrogen and oxygen atoms in total. The molecular weight excluding hydrogens is 426 g/mol. The van der Waals surface area contributed by atoms with Crippen LogP contribution in [0.4, 0.5) is 14.6 Å². The molecule has 160 valence electrons. The highest BCUT2D eigenvalue weighted by atomic mass is 32.1. The molecule has 0 saturated carbocycles. The third-order valence-electron chi connectivity index (χ3n) is 5.02. The fraction of sp³-hybridized carbons (Fsp3) is 0.227. The number of alkyl halides is 2. The number of rotatable bonds is 5. The zero-order chi connectivity index (χ0) is 22.4. The van der Waals surface area contributed by atoms with Crippen molar-refractivity contribution in [2.75, 3.05) is 5.32 Å². The van der Waals surface area contributed by atoms with E-state index in [1.54, 1.807) is 37.4 Å². The Bertz CT molecular complexity index is 1190. The van der Waals surface area contributed by atoms with E-state index in [0.717, 1.165) is 16.7 Å². The second-order valence-electron chi connectivity index (χ2n) is 7.63. The third-order valence-corrected chi connectivity index (χ3v) is 5.97. The van der Waals surface area contributed by atoms with Gasteiger partial charge in [-0.1, -0.05) is 12.1 Å². The van der Waals surface area contributed by atoms with E-state index in [1.165, 1.54) is 23.5 Å². The summed E-state index contributed by atoms with van der Waals surface area (Å²) >= 11 is 1.39. The molecule has 2 aromatic heterocycles. The first-order valence-corrected chi connectivity index (χ1v) is 10.2. The largest absolute Gasteiger partial charge is 0.586 e. The van der Waals surface area contributed by atoms with Crippen LogP contribution in [-0.2, 0) is 10.2 Å². The minimum atomic E-state index is -3.72. The molecule has 0 bridgehead atoms. The summed E-state index contributed by atoms with van der Waals surface area (Å²) in [6.45, 7) is 5.23. The van der Waals surface area contributed by atoms with E-state index in [0.29, 0.717) is 22.6 Å². The summed E-state index contributed by atoms with van der Waals surface area (Å²) in [4.78, 5) is 29.3. The van der Waals surface area contributed by atoms with E-state index >= 15 is 0 Å². The van der Waals surface area contributed by atoms with Crippen molar-refractivity contribution in [3.8, 4) is 22.1 Å². The van der Waals surface area contributed by atoms with Crippen molar-refractivity contribution in [1.82, 2.24) is 4.98 Å². The number of ether oxygens (including phenoxy) is 2. The minimum absolute atomic E-state index is 0.0829. The Morgan fingerprint density at radius 3 is 2.61 bits per heavy atom. The van der Waals surface area contributed by atoms with Gasteiger partial charge in [0.15, 0.2) is 17.8 Å². The number of pyridine rings is 1. The highest BCUT2D eigenvalue weighted by Gasteiger charge is 2.44. The second-order valence-corrected chi connectivity index (χ2v) is 8.54. The topological polar surface area (TPSA) is 77.5 Å². The Kier molecular flexibility index (Phi) is 5.01. The van der Waals surface area contributed by atoms with E-state index < -0.39 is 11.7 Å². The zero-order valence-electron chi connectivity index (χ0n) is 16.9. The molecule has 0 aliphatic carbocycles. The predicted octanol–water partition coefficient (Wildman–Crippen LogP) is 5.17. The van der Waals surface area contributed by atoms with Crippen molar-refractivity contribution >= 4 is 29.3 Å². The Hall–Kier alpha value is -3.33. The molecule has 3 aromatic rings. The third kappa shape index (κ3) is 4.00. The second kappa shape index (κ2) is 7.42. The van der Waals surface area contributed by atoms with E-state index in [2.05, 4.69) is 19.8 Å². The van der Waals surface area contributed by atoms with Gasteiger partial charge in [0, 0.05) is 10.9 Å². The lowest BCUT2D eigenvalue weighted by atomic mass is 9.83. The molecule has 0 unspecified atom stereocenters. The molecule has 1 amide bonds. The van der Waals surface area contributed by atoms with Crippen LogP contribution in [0.1, 0.15) is 35.3 Å². The Morgan fingerprint density at radius 2 is 1.90 bits per heavy atom. The molecule has 0 radical (unpaired) electrons. The predicted molar refractivity (Wildman–Crippen MR) is 112 cm³/mol. The van der Waals surface area contributed by atoms with Gasteiger partial charge in [0.25, 0.3) is 0 Å². The van der Waals surface area contributed by atoms with Gasteiger partial charge in [-0.05, 0) is 56.2 Å². The highest BCUT2D eigenvalue weighted by Crippen LogP contribution is 2.43. The van der Waals surface area contributed by atoms with Crippen LogP contribution in [0.25, 0.3) is 10.6 Å². The van der Waals surface area contributed by atoms with Crippen molar-refractivity contribution < 1.29 is 27.8 Å². The number of anilines is 1. The molecule has 4 rings (SSSR count). The number of carbonyl (C=O) groups is 2. The number of fused-ring (bicyclic) bond motifs is 1. The highest BCUT2D eigenvalue weighted by molar-refractivity contribution is 7.13. The van der Waals surface area contributed by atoms with Crippen LogP contribution >= 0.6 is 11.3 Å². The van der Waals surface area contributed by atoms with E-state index in [1.807, 2.05) is 13.0 Å². The summed E-state index contributed by atoms with van der Waals surface area (Å²) in [6, 6.07) is 9.52. The van der Waals surface area contributed by atoms with Crippen LogP contribution < -0.4 is 14.8 Å². The molecule has 1 aliphatic rings. The van der Waals surface area contributed by atoms with Crippen molar-refractivity contribution in [1.29, 1.82) is 0 Å². The molecular formula is C22H18F2N2O4S. The van der Waals surface area contributed by atoms with Crippen LogP contribution in [0.3, 0.4) is 0 Å². The maximum atomic E-state index is 13.3. The molecule has 1 N–H and O–H groups in total. The van der Waals surface area contributed by atoms with Crippen molar-refractivity contribution in [2.45, 2.75) is 32.5 Å². The number of thiophene rings is 1. The number of carbonyl (C=O) groups excluding carboxylic acids is 2. The van der Waals surface area contributed by atoms with Gasteiger partial charge in [-0.15, -0.1) is 20.1 Å². The molecule has 31 heavy (non-hydrogen) atoms. The monoisotopic (exact) mass is 444 g/mol. The quantitative estimate of drug-likeness (QED) is 0.550. The van der Waals surface area contributed by atoms with E-state index in [9.17, 15) is 18.4 Å². The van der Waals surface area contributed by atoms with Gasteiger partial charge in [-0.2, -0.15) is 0 Å². The first-order chi connectivity index (χ1) is 14.6. The normalized spacial score (nSPS) is 14.4. The number of aryl methyl sites for hydroxylation is 1. The SMILES string of the molecule is Cc1ccc(NC(=O)C(C)(C)c2ccc3c(c2)OC(F)(F)O3)nc1-c1cc(C=O)cs1. The number of hydrogen-bond donors (Lipinski definition) is 1. The summed E-state index contributed by atoms with van der Waals surface area (Å²) in [7, 11) is 0. The number of nitrogens with one attached hydrogen (secondary N) is 1. The smallest absolute Gasteiger partial charge is 0.395 e. The zero-order valence-corrected chi connectivity index (χ0v) is 17.7. The van der Waals surface area contributed by atoms with E-state index in [-0.39, 0.29) is 17.4 Å². The molecule has 9 heteroatoms. The maximum absolute atomic E-state index is 13.3. The fourth-order valence-corrected chi connectivity index (χ4v) is 4.04. The number of aromatic nitrogens is 1. The summed E-state index contributed by atoms with van der Waals surface area (Å²) in [5.41, 5.74) is 1.53. The molecule has 0 saturated heterocycles. The van der Waals surface area contributed by atoms with Crippen molar-refractivity contribution in [3.63, 3.8) is 0 Å². The van der Waals surface area contributed by atoms with Gasteiger partial charge in [-0.3, -0.25) is 9.59 Å². The average Bonchev–Trinajstić information content (AvgIpc) is 3.31. The fourth-order valence-electron chi connectivity index (χ4n) is 3.13. The van der Waals surface area contributed by atoms with Crippen LogP contribution in [0, 0.1) is 6.92 Å². The first kappa shape index (κ1) is 20.9. The van der Waals surface area contributed by atoms with Gasteiger partial charge in [0.05, 0.1) is 16.0 Å². The van der Waals surface area contributed by atoms with Gasteiger partial charge in [0.2, 0.25) is 5.91 Å². The molecule has 1 aromatic carbocycles. The lowest BCUT2D eigenvalue weighted by Crippen LogP contribution is -2.35. The van der Waals surface area contributed by atoms with Gasteiger partial charge < -0.3 is 14.8 Å². The van der Waals surface area contributed by atoms with Gasteiger partial charge >= 0.3 is 6.29 Å². The average molecular weight is 444 g/mol. The number of amides is 1.